The highest BCUT2D eigenvalue weighted by Gasteiger charge is 2.33. The van der Waals surface area contributed by atoms with Crippen molar-refractivity contribution in [3.8, 4) is 0 Å². The SMILES string of the molecule is O=C(OC(C1=CCCCC1=O)c1ccc([N+](=O)[O-])cc1)OC(C1=CCCCC1=O)c1ccc([N+](=O)[O-])cc1. The lowest BCUT2D eigenvalue weighted by molar-refractivity contribution is -0.385. The number of carbonyl (C=O) groups is 3. The maximum absolute atomic E-state index is 13.1. The van der Waals surface area contributed by atoms with Crippen LogP contribution in [0.15, 0.2) is 71.8 Å². The normalized spacial score (nSPS) is 17.1. The Morgan fingerprint density at radius 2 is 1.05 bits per heavy atom. The first-order valence-electron chi connectivity index (χ1n) is 12.1. The first-order valence-corrected chi connectivity index (χ1v) is 12.1. The maximum atomic E-state index is 13.1. The van der Waals surface area contributed by atoms with Crippen molar-refractivity contribution in [2.75, 3.05) is 0 Å². The summed E-state index contributed by atoms with van der Waals surface area (Å²) >= 11 is 0. The molecule has 0 amide bonds. The van der Waals surface area contributed by atoms with E-state index < -0.39 is 28.2 Å². The van der Waals surface area contributed by atoms with Gasteiger partial charge in [0.25, 0.3) is 11.4 Å². The molecule has 2 aromatic rings. The van der Waals surface area contributed by atoms with Crippen LogP contribution in [0.25, 0.3) is 0 Å². The number of non-ortho nitro benzene ring substituents is 2. The zero-order valence-corrected chi connectivity index (χ0v) is 20.2. The standard InChI is InChI=1S/C27H24N2O9/c30-23-7-3-1-5-21(23)25(17-9-13-19(14-10-17)28(33)34)37-27(32)38-26(22-6-2-4-8-24(22)31)18-11-15-20(16-12-18)29(35)36/h5-6,9-16,25-26H,1-4,7-8H2. The highest BCUT2D eigenvalue weighted by atomic mass is 16.7. The third kappa shape index (κ3) is 6.00. The van der Waals surface area contributed by atoms with Gasteiger partial charge in [-0.3, -0.25) is 29.8 Å². The van der Waals surface area contributed by atoms with Gasteiger partial charge in [0, 0.05) is 48.3 Å². The highest BCUT2D eigenvalue weighted by Crippen LogP contribution is 2.35. The van der Waals surface area contributed by atoms with Gasteiger partial charge in [0.05, 0.1) is 9.85 Å². The van der Waals surface area contributed by atoms with Gasteiger partial charge in [0.1, 0.15) is 0 Å². The second-order valence-corrected chi connectivity index (χ2v) is 8.89. The van der Waals surface area contributed by atoms with Crippen molar-refractivity contribution in [2.24, 2.45) is 0 Å². The van der Waals surface area contributed by atoms with Gasteiger partial charge >= 0.3 is 6.16 Å². The van der Waals surface area contributed by atoms with Crippen molar-refractivity contribution in [1.29, 1.82) is 0 Å². The average Bonchev–Trinajstić information content (AvgIpc) is 2.91. The van der Waals surface area contributed by atoms with E-state index in [-0.39, 0.29) is 46.9 Å². The second-order valence-electron chi connectivity index (χ2n) is 8.89. The Kier molecular flexibility index (Phi) is 8.05. The molecule has 0 radical (unpaired) electrons. The number of carbonyl (C=O) groups excluding carboxylic acids is 3. The largest absolute Gasteiger partial charge is 0.510 e. The number of nitro groups is 2. The summed E-state index contributed by atoms with van der Waals surface area (Å²) in [6.45, 7) is 0. The van der Waals surface area contributed by atoms with Crippen LogP contribution in [-0.2, 0) is 19.1 Å². The summed E-state index contributed by atoms with van der Waals surface area (Å²) in [6, 6.07) is 10.6. The Hall–Kier alpha value is -4.67. The summed E-state index contributed by atoms with van der Waals surface area (Å²) in [5.74, 6) is -0.436. The van der Waals surface area contributed by atoms with Gasteiger partial charge in [0.2, 0.25) is 0 Å². The van der Waals surface area contributed by atoms with Crippen LogP contribution in [-0.4, -0.2) is 27.6 Å². The fourth-order valence-electron chi connectivity index (χ4n) is 4.45. The smallest absolute Gasteiger partial charge is 0.421 e. The maximum Gasteiger partial charge on any atom is 0.510 e. The Labute approximate surface area is 217 Å². The van der Waals surface area contributed by atoms with Crippen LogP contribution >= 0.6 is 0 Å². The van der Waals surface area contributed by atoms with Crippen LogP contribution in [0.3, 0.4) is 0 Å². The molecule has 0 saturated carbocycles. The second kappa shape index (κ2) is 11.6. The molecule has 196 valence electrons. The van der Waals surface area contributed by atoms with E-state index in [1.54, 1.807) is 12.2 Å². The van der Waals surface area contributed by atoms with Crippen molar-refractivity contribution >= 4 is 29.1 Å². The van der Waals surface area contributed by atoms with Gasteiger partial charge in [-0.15, -0.1) is 0 Å². The molecule has 2 aliphatic rings. The molecular weight excluding hydrogens is 496 g/mol. The molecule has 2 unspecified atom stereocenters. The lowest BCUT2D eigenvalue weighted by Gasteiger charge is -2.26. The lowest BCUT2D eigenvalue weighted by atomic mass is 9.90. The summed E-state index contributed by atoms with van der Waals surface area (Å²) in [5.41, 5.74) is 0.826. The van der Waals surface area contributed by atoms with Crippen LogP contribution in [0, 0.1) is 20.2 Å². The van der Waals surface area contributed by atoms with Crippen LogP contribution in [0.5, 0.6) is 0 Å². The van der Waals surface area contributed by atoms with Gasteiger partial charge in [-0.25, -0.2) is 4.79 Å². The quantitative estimate of drug-likeness (QED) is 0.238. The van der Waals surface area contributed by atoms with Crippen LogP contribution in [0.4, 0.5) is 16.2 Å². The number of hydrogen-bond acceptors (Lipinski definition) is 9. The molecule has 11 nitrogen and oxygen atoms in total. The predicted molar refractivity (Wildman–Crippen MR) is 133 cm³/mol. The number of nitro benzene ring substituents is 2. The zero-order chi connectivity index (χ0) is 27.2. The summed E-state index contributed by atoms with van der Waals surface area (Å²) in [5, 5.41) is 22.1. The minimum atomic E-state index is -1.18. The van der Waals surface area contributed by atoms with Crippen molar-refractivity contribution in [3.05, 3.63) is 103 Å². The predicted octanol–water partition coefficient (Wildman–Crippen LogP) is 5.80. The van der Waals surface area contributed by atoms with Crippen LogP contribution in [0.1, 0.15) is 61.9 Å². The number of rotatable bonds is 8. The summed E-state index contributed by atoms with van der Waals surface area (Å²) in [4.78, 5) is 59.5. The number of allylic oxidation sites excluding steroid dienone is 2. The van der Waals surface area contributed by atoms with Crippen molar-refractivity contribution in [3.63, 3.8) is 0 Å². The minimum Gasteiger partial charge on any atom is -0.421 e. The first kappa shape index (κ1) is 26.4. The molecule has 0 fully saturated rings. The molecule has 2 aromatic carbocycles. The van der Waals surface area contributed by atoms with Crippen molar-refractivity contribution in [2.45, 2.75) is 50.7 Å². The van der Waals surface area contributed by atoms with E-state index in [2.05, 4.69) is 0 Å². The van der Waals surface area contributed by atoms with Gasteiger partial charge in [-0.05, 0) is 61.1 Å². The first-order chi connectivity index (χ1) is 18.2. The van der Waals surface area contributed by atoms with Crippen molar-refractivity contribution in [1.82, 2.24) is 0 Å². The Morgan fingerprint density at radius 1 is 0.684 bits per heavy atom. The molecule has 0 saturated heterocycles. The fourth-order valence-corrected chi connectivity index (χ4v) is 4.45. The highest BCUT2D eigenvalue weighted by molar-refractivity contribution is 5.98. The van der Waals surface area contributed by atoms with E-state index in [1.807, 2.05) is 0 Å². The third-order valence-corrected chi connectivity index (χ3v) is 6.39. The van der Waals surface area contributed by atoms with Crippen LogP contribution < -0.4 is 0 Å². The van der Waals surface area contributed by atoms with E-state index >= 15 is 0 Å². The van der Waals surface area contributed by atoms with E-state index in [9.17, 15) is 34.6 Å². The Morgan fingerprint density at radius 3 is 1.37 bits per heavy atom. The van der Waals surface area contributed by atoms with E-state index in [0.29, 0.717) is 36.8 Å². The Balaban J connectivity index is 1.64. The number of benzene rings is 2. The van der Waals surface area contributed by atoms with Gasteiger partial charge in [-0.1, -0.05) is 12.2 Å². The number of nitrogens with zero attached hydrogens (tertiary/aromatic N) is 2. The molecule has 11 heteroatoms. The molecule has 0 N–H and O–H groups in total. The topological polar surface area (TPSA) is 156 Å². The molecule has 0 aromatic heterocycles. The van der Waals surface area contributed by atoms with Gasteiger partial charge in [-0.2, -0.15) is 0 Å². The molecule has 2 atom stereocenters. The number of Topliss-reactive ketones (excluding diaryl/α,β-unsaturated/α-hetero) is 2. The molecule has 2 aliphatic carbocycles. The van der Waals surface area contributed by atoms with Gasteiger partial charge in [0.15, 0.2) is 23.8 Å². The fraction of sp³-hybridized carbons (Fsp3) is 0.296. The summed E-state index contributed by atoms with van der Waals surface area (Å²) in [6.07, 6.45) is 2.84. The Bertz CT molecular complexity index is 1230. The number of hydrogen-bond donors (Lipinski definition) is 0. The van der Waals surface area contributed by atoms with E-state index in [4.69, 9.17) is 9.47 Å². The molecule has 4 rings (SSSR count). The molecule has 0 aliphatic heterocycles. The molecule has 0 heterocycles. The number of ketones is 2. The van der Waals surface area contributed by atoms with Crippen molar-refractivity contribution < 1.29 is 33.7 Å². The molecular formula is C27H24N2O9. The average molecular weight is 520 g/mol. The van der Waals surface area contributed by atoms with Gasteiger partial charge < -0.3 is 9.47 Å². The molecule has 0 bridgehead atoms. The molecule has 38 heavy (non-hydrogen) atoms. The monoisotopic (exact) mass is 520 g/mol. The summed E-state index contributed by atoms with van der Waals surface area (Å²) in [7, 11) is 0. The number of ether oxygens (including phenoxy) is 2. The van der Waals surface area contributed by atoms with E-state index in [1.165, 1.54) is 48.5 Å². The van der Waals surface area contributed by atoms with E-state index in [0.717, 1.165) is 0 Å². The molecule has 0 spiro atoms. The lowest BCUT2D eigenvalue weighted by Crippen LogP contribution is -2.24. The third-order valence-electron chi connectivity index (χ3n) is 6.39. The van der Waals surface area contributed by atoms with Crippen LogP contribution in [0.2, 0.25) is 0 Å². The summed E-state index contributed by atoms with van der Waals surface area (Å²) < 4.78 is 11.2. The minimum absolute atomic E-state index is 0.167. The zero-order valence-electron chi connectivity index (χ0n) is 20.2.